The minimum Gasteiger partial charge on any atom is -0.444 e. The van der Waals surface area contributed by atoms with Crippen molar-refractivity contribution in [2.75, 3.05) is 11.9 Å². The molecule has 0 bridgehead atoms. The Morgan fingerprint density at radius 1 is 1.00 bits per heavy atom. The largest absolute Gasteiger partial charge is 0.444 e. The van der Waals surface area contributed by atoms with Crippen LogP contribution in [0.5, 0.6) is 0 Å². The quantitative estimate of drug-likeness (QED) is 0.171. The molecule has 4 aromatic rings. The van der Waals surface area contributed by atoms with E-state index in [0.29, 0.717) is 42.4 Å². The Labute approximate surface area is 267 Å². The van der Waals surface area contributed by atoms with Crippen molar-refractivity contribution in [3.63, 3.8) is 0 Å². The summed E-state index contributed by atoms with van der Waals surface area (Å²) in [5.74, 6) is -0.488. The van der Waals surface area contributed by atoms with Crippen molar-refractivity contribution in [3.05, 3.63) is 82.4 Å². The summed E-state index contributed by atoms with van der Waals surface area (Å²) in [7, 11) is 0. The van der Waals surface area contributed by atoms with Gasteiger partial charge in [0.15, 0.2) is 0 Å². The van der Waals surface area contributed by atoms with Gasteiger partial charge in [-0.25, -0.2) is 4.79 Å². The lowest BCUT2D eigenvalue weighted by molar-refractivity contribution is -0.130. The fraction of sp³-hybridized carbons (Fsp3) is 0.400. The lowest BCUT2D eigenvalue weighted by Crippen LogP contribution is -2.48. The summed E-state index contributed by atoms with van der Waals surface area (Å²) >= 11 is 0. The van der Waals surface area contributed by atoms with E-state index in [4.69, 9.17) is 4.74 Å². The lowest BCUT2D eigenvalue weighted by atomic mass is 9.81. The van der Waals surface area contributed by atoms with Crippen LogP contribution in [0.25, 0.3) is 22.0 Å². The smallest absolute Gasteiger partial charge is 0.407 e. The van der Waals surface area contributed by atoms with Crippen molar-refractivity contribution in [1.82, 2.24) is 25.8 Å². The van der Waals surface area contributed by atoms with Crippen molar-refractivity contribution in [2.45, 2.75) is 71.4 Å². The maximum atomic E-state index is 13.6. The third kappa shape index (κ3) is 8.41. The van der Waals surface area contributed by atoms with Crippen LogP contribution in [0.15, 0.2) is 65.6 Å². The molecule has 1 unspecified atom stereocenters. The van der Waals surface area contributed by atoms with E-state index < -0.39 is 17.7 Å². The van der Waals surface area contributed by atoms with Crippen LogP contribution in [0.2, 0.25) is 0 Å². The molecule has 11 nitrogen and oxygen atoms in total. The molecule has 0 aliphatic heterocycles. The van der Waals surface area contributed by atoms with Gasteiger partial charge in [0.25, 0.3) is 5.56 Å². The molecular formula is C35H42N6O5. The van der Waals surface area contributed by atoms with Crippen LogP contribution in [0.1, 0.15) is 57.7 Å². The Morgan fingerprint density at radius 2 is 1.74 bits per heavy atom. The van der Waals surface area contributed by atoms with Gasteiger partial charge in [-0.1, -0.05) is 30.3 Å². The second-order valence-electron chi connectivity index (χ2n) is 13.0. The van der Waals surface area contributed by atoms with Gasteiger partial charge in [0, 0.05) is 42.0 Å². The van der Waals surface area contributed by atoms with Crippen LogP contribution < -0.4 is 21.5 Å². The van der Waals surface area contributed by atoms with E-state index in [0.717, 1.165) is 35.2 Å². The molecule has 0 spiro atoms. The summed E-state index contributed by atoms with van der Waals surface area (Å²) in [6, 6.07) is 16.0. The molecule has 0 saturated heterocycles. The van der Waals surface area contributed by atoms with Gasteiger partial charge in [0.05, 0.1) is 10.9 Å². The van der Waals surface area contributed by atoms with Crippen LogP contribution in [0.3, 0.4) is 0 Å². The fourth-order valence-electron chi connectivity index (χ4n) is 5.86. The standard InChI is InChI=1S/C35H42N6O5/c1-21-27(6-5-17-36-21)24-11-7-22(8-12-24)18-30(33(44)38-26-15-16-28-29(19-26)40-41-32(28)43)39-31(42)25-13-9-23(10-14-25)20-37-34(45)46-35(2,3)4/h5-8,11-12,15-17,19,23,25,30H,9-10,13-14,18,20H2,1-4H3,(H,37,45)(H,38,44)(H,39,42)(H2,40,41,43). The molecular weight excluding hydrogens is 584 g/mol. The van der Waals surface area contributed by atoms with Gasteiger partial charge >= 0.3 is 6.09 Å². The number of benzene rings is 2. The van der Waals surface area contributed by atoms with Crippen molar-refractivity contribution in [3.8, 4) is 11.1 Å². The third-order valence-corrected chi connectivity index (χ3v) is 8.34. The summed E-state index contributed by atoms with van der Waals surface area (Å²) in [6.45, 7) is 7.94. The zero-order valence-electron chi connectivity index (χ0n) is 26.7. The monoisotopic (exact) mass is 626 g/mol. The summed E-state index contributed by atoms with van der Waals surface area (Å²) in [6.07, 6.45) is 4.52. The molecule has 0 radical (unpaired) electrons. The number of aryl methyl sites for hydroxylation is 1. The highest BCUT2D eigenvalue weighted by Gasteiger charge is 2.30. The predicted octanol–water partition coefficient (Wildman–Crippen LogP) is 5.22. The van der Waals surface area contributed by atoms with Gasteiger partial charge in [-0.2, -0.15) is 0 Å². The molecule has 1 atom stereocenters. The number of nitrogens with zero attached hydrogens (tertiary/aromatic N) is 1. The Bertz CT molecular complexity index is 1750. The molecule has 5 N–H and O–H groups in total. The molecule has 242 valence electrons. The van der Waals surface area contributed by atoms with Crippen molar-refractivity contribution in [1.29, 1.82) is 0 Å². The zero-order valence-corrected chi connectivity index (χ0v) is 26.7. The Balaban J connectivity index is 1.25. The first kappa shape index (κ1) is 32.5. The fourth-order valence-corrected chi connectivity index (χ4v) is 5.86. The van der Waals surface area contributed by atoms with E-state index in [2.05, 4.69) is 31.1 Å². The van der Waals surface area contributed by atoms with E-state index in [1.54, 1.807) is 24.4 Å². The van der Waals surface area contributed by atoms with Gasteiger partial charge in [-0.15, -0.1) is 0 Å². The van der Waals surface area contributed by atoms with Gasteiger partial charge < -0.3 is 20.7 Å². The number of hydrogen-bond donors (Lipinski definition) is 5. The summed E-state index contributed by atoms with van der Waals surface area (Å²) in [5, 5.41) is 14.6. The highest BCUT2D eigenvalue weighted by Crippen LogP contribution is 2.29. The Morgan fingerprint density at radius 3 is 2.43 bits per heavy atom. The molecule has 5 rings (SSSR count). The van der Waals surface area contributed by atoms with E-state index >= 15 is 0 Å². The molecule has 1 aliphatic carbocycles. The number of aromatic amines is 2. The number of anilines is 1. The summed E-state index contributed by atoms with van der Waals surface area (Å²) in [5.41, 5.74) is 4.16. The van der Waals surface area contributed by atoms with E-state index in [1.807, 2.05) is 64.1 Å². The average molecular weight is 627 g/mol. The number of carbonyl (C=O) groups is 3. The first-order valence-electron chi connectivity index (χ1n) is 15.7. The average Bonchev–Trinajstić information content (AvgIpc) is 3.39. The van der Waals surface area contributed by atoms with Gasteiger partial charge in [0.2, 0.25) is 11.8 Å². The topological polar surface area (TPSA) is 158 Å². The number of nitrogens with one attached hydrogen (secondary N) is 5. The number of amides is 3. The van der Waals surface area contributed by atoms with Crippen LogP contribution in [-0.4, -0.2) is 51.3 Å². The molecule has 2 aromatic heterocycles. The number of hydrogen-bond acceptors (Lipinski definition) is 6. The number of carbonyl (C=O) groups excluding carboxylic acids is 3. The van der Waals surface area contributed by atoms with Gasteiger partial charge in [-0.05, 0) is 94.7 Å². The second kappa shape index (κ2) is 14.0. The zero-order chi connectivity index (χ0) is 32.8. The number of fused-ring (bicyclic) bond motifs is 1. The highest BCUT2D eigenvalue weighted by atomic mass is 16.6. The van der Waals surface area contributed by atoms with E-state index in [-0.39, 0.29) is 29.2 Å². The first-order chi connectivity index (χ1) is 21.9. The molecule has 1 fully saturated rings. The van der Waals surface area contributed by atoms with Crippen LogP contribution >= 0.6 is 0 Å². The molecule has 46 heavy (non-hydrogen) atoms. The number of aromatic nitrogens is 3. The third-order valence-electron chi connectivity index (χ3n) is 8.34. The van der Waals surface area contributed by atoms with Crippen molar-refractivity contribution in [2.24, 2.45) is 11.8 Å². The van der Waals surface area contributed by atoms with Crippen LogP contribution in [0, 0.1) is 18.8 Å². The maximum absolute atomic E-state index is 13.6. The minimum absolute atomic E-state index is 0.160. The normalized spacial score (nSPS) is 17.2. The first-order valence-corrected chi connectivity index (χ1v) is 15.7. The number of alkyl carbamates (subject to hydrolysis) is 1. The van der Waals surface area contributed by atoms with Crippen molar-refractivity contribution < 1.29 is 19.1 Å². The number of rotatable bonds is 9. The number of H-pyrrole nitrogens is 2. The molecule has 3 amide bonds. The molecule has 1 aliphatic rings. The number of ether oxygens (including phenoxy) is 1. The molecule has 11 heteroatoms. The number of pyridine rings is 1. The Kier molecular flexibility index (Phi) is 9.89. The minimum atomic E-state index is -0.828. The predicted molar refractivity (Wildman–Crippen MR) is 177 cm³/mol. The maximum Gasteiger partial charge on any atom is 0.407 e. The van der Waals surface area contributed by atoms with Crippen molar-refractivity contribution >= 4 is 34.5 Å². The lowest BCUT2D eigenvalue weighted by Gasteiger charge is -2.29. The van der Waals surface area contributed by atoms with E-state index in [9.17, 15) is 19.2 Å². The van der Waals surface area contributed by atoms with Crippen LogP contribution in [0.4, 0.5) is 10.5 Å². The molecule has 2 aromatic carbocycles. The summed E-state index contributed by atoms with van der Waals surface area (Å²) in [4.78, 5) is 55.5. The SMILES string of the molecule is Cc1ncccc1-c1ccc(CC(NC(=O)C2CCC(CNC(=O)OC(C)(C)C)CC2)C(=O)Nc2ccc3c(=O)[nH][nH]c3c2)cc1. The van der Waals surface area contributed by atoms with Gasteiger partial charge in [0.1, 0.15) is 11.6 Å². The molecule has 1 saturated carbocycles. The second-order valence-corrected chi connectivity index (χ2v) is 13.0. The Hall–Kier alpha value is -4.93. The summed E-state index contributed by atoms with van der Waals surface area (Å²) < 4.78 is 5.33. The molecule has 2 heterocycles. The van der Waals surface area contributed by atoms with Crippen LogP contribution in [-0.2, 0) is 20.7 Å². The van der Waals surface area contributed by atoms with E-state index in [1.165, 1.54) is 0 Å². The van der Waals surface area contributed by atoms with Gasteiger partial charge in [-0.3, -0.25) is 29.6 Å². The highest BCUT2D eigenvalue weighted by molar-refractivity contribution is 5.99.